The van der Waals surface area contributed by atoms with Crippen LogP contribution in [0.3, 0.4) is 0 Å². The predicted molar refractivity (Wildman–Crippen MR) is 78.4 cm³/mol. The van der Waals surface area contributed by atoms with Crippen molar-refractivity contribution in [2.75, 3.05) is 5.32 Å². The number of benzene rings is 2. The Morgan fingerprint density at radius 2 is 1.81 bits per heavy atom. The number of rotatable bonds is 3. The van der Waals surface area contributed by atoms with E-state index in [1.54, 1.807) is 42.5 Å². The first-order chi connectivity index (χ1) is 10.1. The van der Waals surface area contributed by atoms with Crippen molar-refractivity contribution in [3.8, 4) is 0 Å². The van der Waals surface area contributed by atoms with E-state index < -0.39 is 11.8 Å². The van der Waals surface area contributed by atoms with Crippen LogP contribution in [0.1, 0.15) is 10.4 Å². The Labute approximate surface area is 119 Å². The molecule has 4 nitrogen and oxygen atoms in total. The van der Waals surface area contributed by atoms with Crippen molar-refractivity contribution in [1.29, 1.82) is 0 Å². The zero-order valence-corrected chi connectivity index (χ0v) is 10.9. The summed E-state index contributed by atoms with van der Waals surface area (Å²) < 4.78 is 13.6. The Morgan fingerprint density at radius 3 is 2.57 bits per heavy atom. The van der Waals surface area contributed by atoms with Crippen molar-refractivity contribution >= 4 is 28.4 Å². The van der Waals surface area contributed by atoms with Gasteiger partial charge in [0.15, 0.2) is 0 Å². The van der Waals surface area contributed by atoms with Gasteiger partial charge >= 0.3 is 5.97 Å². The maximum absolute atomic E-state index is 13.6. The lowest BCUT2D eigenvalue weighted by Crippen LogP contribution is -2.03. The van der Waals surface area contributed by atoms with Gasteiger partial charge in [0.2, 0.25) is 0 Å². The van der Waals surface area contributed by atoms with Gasteiger partial charge in [-0.05, 0) is 24.3 Å². The number of aromatic carboxylic acids is 1. The van der Waals surface area contributed by atoms with Crippen molar-refractivity contribution in [3.63, 3.8) is 0 Å². The third kappa shape index (κ3) is 2.53. The zero-order chi connectivity index (χ0) is 14.8. The number of hydrogen-bond acceptors (Lipinski definition) is 3. The van der Waals surface area contributed by atoms with Gasteiger partial charge in [-0.3, -0.25) is 0 Å². The Hall–Kier alpha value is -2.95. The minimum Gasteiger partial charge on any atom is -0.478 e. The molecule has 0 unspecified atom stereocenters. The number of anilines is 2. The van der Waals surface area contributed by atoms with Crippen molar-refractivity contribution in [3.05, 3.63) is 66.0 Å². The topological polar surface area (TPSA) is 62.2 Å². The molecule has 0 aliphatic carbocycles. The summed E-state index contributed by atoms with van der Waals surface area (Å²) in [5.41, 5.74) is 0.910. The van der Waals surface area contributed by atoms with E-state index in [1.807, 2.05) is 0 Å². The molecule has 1 aromatic heterocycles. The molecule has 1 heterocycles. The van der Waals surface area contributed by atoms with Crippen molar-refractivity contribution in [2.45, 2.75) is 0 Å². The van der Waals surface area contributed by atoms with Crippen molar-refractivity contribution in [2.24, 2.45) is 0 Å². The molecule has 0 spiro atoms. The molecule has 0 amide bonds. The number of halogens is 1. The molecule has 5 heteroatoms. The number of carboxylic acids is 1. The Balaban J connectivity index is 2.11. The van der Waals surface area contributed by atoms with E-state index >= 15 is 0 Å². The number of hydrogen-bond donors (Lipinski definition) is 2. The van der Waals surface area contributed by atoms with E-state index in [-0.39, 0.29) is 17.1 Å². The summed E-state index contributed by atoms with van der Waals surface area (Å²) in [6.07, 6.45) is 0. The van der Waals surface area contributed by atoms with E-state index in [0.29, 0.717) is 10.9 Å². The summed E-state index contributed by atoms with van der Waals surface area (Å²) >= 11 is 0. The molecule has 0 radical (unpaired) electrons. The highest BCUT2D eigenvalue weighted by Gasteiger charge is 2.12. The van der Waals surface area contributed by atoms with E-state index in [0.717, 1.165) is 0 Å². The smallest absolute Gasteiger partial charge is 0.336 e. The van der Waals surface area contributed by atoms with Gasteiger partial charge < -0.3 is 10.4 Å². The lowest BCUT2D eigenvalue weighted by Gasteiger charge is -2.09. The van der Waals surface area contributed by atoms with Crippen molar-refractivity contribution in [1.82, 2.24) is 4.98 Å². The van der Waals surface area contributed by atoms with E-state index in [2.05, 4.69) is 10.3 Å². The first-order valence-corrected chi connectivity index (χ1v) is 6.30. The standard InChI is InChI=1S/C16H11FN2O2/c17-12-6-2-4-8-14(12)19-15-9-11(16(20)21)10-5-1-3-7-13(10)18-15/h1-9H,(H,18,19)(H,20,21). The number of para-hydroxylation sites is 2. The molecule has 104 valence electrons. The molecule has 0 aliphatic heterocycles. The Morgan fingerprint density at radius 1 is 1.10 bits per heavy atom. The van der Waals surface area contributed by atoms with Crippen molar-refractivity contribution < 1.29 is 14.3 Å². The van der Waals surface area contributed by atoms with Gasteiger partial charge in [0.05, 0.1) is 16.8 Å². The summed E-state index contributed by atoms with van der Waals surface area (Å²) in [7, 11) is 0. The van der Waals surface area contributed by atoms with Gasteiger partial charge in [0.25, 0.3) is 0 Å². The summed E-state index contributed by atoms with van der Waals surface area (Å²) in [5.74, 6) is -1.19. The molecule has 3 rings (SSSR count). The molecular formula is C16H11FN2O2. The molecule has 0 bridgehead atoms. The van der Waals surface area contributed by atoms with Gasteiger partial charge in [0.1, 0.15) is 11.6 Å². The van der Waals surface area contributed by atoms with Crippen LogP contribution in [0.15, 0.2) is 54.6 Å². The fourth-order valence-electron chi connectivity index (χ4n) is 2.12. The van der Waals surface area contributed by atoms with Crippen LogP contribution in [0.25, 0.3) is 10.9 Å². The predicted octanol–water partition coefficient (Wildman–Crippen LogP) is 3.82. The van der Waals surface area contributed by atoms with Gasteiger partial charge in [-0.15, -0.1) is 0 Å². The summed E-state index contributed by atoms with van der Waals surface area (Å²) in [6.45, 7) is 0. The number of nitrogens with one attached hydrogen (secondary N) is 1. The fraction of sp³-hybridized carbons (Fsp3) is 0. The summed E-state index contributed by atoms with van der Waals surface area (Å²) in [4.78, 5) is 15.7. The van der Waals surface area contributed by atoms with E-state index in [9.17, 15) is 14.3 Å². The quantitative estimate of drug-likeness (QED) is 0.766. The maximum Gasteiger partial charge on any atom is 0.336 e. The van der Waals surface area contributed by atoms with Crippen LogP contribution in [0, 0.1) is 5.82 Å². The monoisotopic (exact) mass is 282 g/mol. The molecule has 0 fully saturated rings. The molecule has 0 saturated carbocycles. The highest BCUT2D eigenvalue weighted by atomic mass is 19.1. The second-order valence-corrected chi connectivity index (χ2v) is 4.48. The number of fused-ring (bicyclic) bond motifs is 1. The lowest BCUT2D eigenvalue weighted by atomic mass is 10.1. The second kappa shape index (κ2) is 5.20. The number of nitrogens with zero attached hydrogens (tertiary/aromatic N) is 1. The Bertz CT molecular complexity index is 833. The Kier molecular flexibility index (Phi) is 3.23. The molecule has 0 saturated heterocycles. The highest BCUT2D eigenvalue weighted by Crippen LogP contribution is 2.24. The zero-order valence-electron chi connectivity index (χ0n) is 10.9. The van der Waals surface area contributed by atoms with Gasteiger partial charge in [-0.25, -0.2) is 14.2 Å². The van der Waals surface area contributed by atoms with Crippen LogP contribution in [-0.4, -0.2) is 16.1 Å². The number of carbonyl (C=O) groups is 1. The lowest BCUT2D eigenvalue weighted by molar-refractivity contribution is 0.0699. The van der Waals surface area contributed by atoms with Gasteiger partial charge in [-0.1, -0.05) is 30.3 Å². The third-order valence-electron chi connectivity index (χ3n) is 3.08. The molecule has 2 N–H and O–H groups in total. The molecule has 0 atom stereocenters. The molecule has 2 aromatic carbocycles. The van der Waals surface area contributed by atoms with Crippen LogP contribution in [0.2, 0.25) is 0 Å². The third-order valence-corrected chi connectivity index (χ3v) is 3.08. The molecular weight excluding hydrogens is 271 g/mol. The molecule has 21 heavy (non-hydrogen) atoms. The molecule has 3 aromatic rings. The first-order valence-electron chi connectivity index (χ1n) is 6.30. The maximum atomic E-state index is 13.6. The van der Waals surface area contributed by atoms with E-state index in [1.165, 1.54) is 12.1 Å². The number of aromatic nitrogens is 1. The second-order valence-electron chi connectivity index (χ2n) is 4.48. The van der Waals surface area contributed by atoms with E-state index in [4.69, 9.17) is 0 Å². The number of carboxylic acid groups (broad SMARTS) is 1. The van der Waals surface area contributed by atoms with Crippen LogP contribution in [0.5, 0.6) is 0 Å². The summed E-state index contributed by atoms with van der Waals surface area (Å²) in [5, 5.41) is 12.7. The van der Waals surface area contributed by atoms with Crippen LogP contribution < -0.4 is 5.32 Å². The first kappa shape index (κ1) is 13.1. The number of pyridine rings is 1. The SMILES string of the molecule is O=C(O)c1cc(Nc2ccccc2F)nc2ccccc12. The normalized spacial score (nSPS) is 10.5. The highest BCUT2D eigenvalue weighted by molar-refractivity contribution is 6.03. The average Bonchev–Trinajstić information content (AvgIpc) is 2.48. The average molecular weight is 282 g/mol. The fourth-order valence-corrected chi connectivity index (χ4v) is 2.12. The minimum absolute atomic E-state index is 0.124. The van der Waals surface area contributed by atoms with Crippen LogP contribution >= 0.6 is 0 Å². The largest absolute Gasteiger partial charge is 0.478 e. The van der Waals surface area contributed by atoms with Crippen LogP contribution in [0.4, 0.5) is 15.9 Å². The molecule has 0 aliphatic rings. The summed E-state index contributed by atoms with van der Waals surface area (Å²) in [6, 6.07) is 14.5. The van der Waals surface area contributed by atoms with Gasteiger partial charge in [-0.2, -0.15) is 0 Å². The minimum atomic E-state index is -1.05. The van der Waals surface area contributed by atoms with Gasteiger partial charge in [0, 0.05) is 5.39 Å². The van der Waals surface area contributed by atoms with Crippen LogP contribution in [-0.2, 0) is 0 Å².